The third kappa shape index (κ3) is 2.34. The molecule has 1 heterocycles. The summed E-state index contributed by atoms with van der Waals surface area (Å²) in [5.41, 5.74) is 8.71. The van der Waals surface area contributed by atoms with E-state index in [9.17, 15) is 0 Å². The molecule has 68 valence electrons. The Balaban J connectivity index is 2.57. The SMILES string of the molecule is CN(C)NC(CN)c1ccco1. The molecule has 1 aromatic rings. The zero-order valence-electron chi connectivity index (χ0n) is 7.45. The van der Waals surface area contributed by atoms with Crippen LogP contribution in [-0.4, -0.2) is 25.6 Å². The lowest BCUT2D eigenvalue weighted by atomic mass is 10.2. The van der Waals surface area contributed by atoms with E-state index in [-0.39, 0.29) is 6.04 Å². The quantitative estimate of drug-likeness (QED) is 0.638. The van der Waals surface area contributed by atoms with Crippen molar-refractivity contribution >= 4 is 0 Å². The van der Waals surface area contributed by atoms with E-state index in [1.165, 1.54) is 0 Å². The minimum atomic E-state index is 0.0648. The van der Waals surface area contributed by atoms with Crippen LogP contribution in [0.25, 0.3) is 0 Å². The number of hydrogen-bond acceptors (Lipinski definition) is 4. The van der Waals surface area contributed by atoms with Crippen molar-refractivity contribution in [2.45, 2.75) is 6.04 Å². The van der Waals surface area contributed by atoms with Crippen molar-refractivity contribution in [3.63, 3.8) is 0 Å². The zero-order chi connectivity index (χ0) is 8.97. The minimum Gasteiger partial charge on any atom is -0.468 e. The first-order chi connectivity index (χ1) is 5.74. The molecule has 0 bridgehead atoms. The number of hydrogen-bond donors (Lipinski definition) is 2. The molecule has 0 saturated heterocycles. The van der Waals surface area contributed by atoms with Gasteiger partial charge in [0.15, 0.2) is 0 Å². The van der Waals surface area contributed by atoms with Gasteiger partial charge in [-0.05, 0) is 12.1 Å². The van der Waals surface area contributed by atoms with Crippen LogP contribution in [0.4, 0.5) is 0 Å². The fourth-order valence-corrected chi connectivity index (χ4v) is 1.03. The van der Waals surface area contributed by atoms with Crippen LogP contribution < -0.4 is 11.2 Å². The molecule has 0 aliphatic heterocycles. The second-order valence-electron chi connectivity index (χ2n) is 2.83. The van der Waals surface area contributed by atoms with Crippen molar-refractivity contribution < 1.29 is 4.42 Å². The molecule has 1 rings (SSSR count). The van der Waals surface area contributed by atoms with Crippen molar-refractivity contribution in [2.24, 2.45) is 5.73 Å². The number of nitrogens with two attached hydrogens (primary N) is 1. The predicted molar refractivity (Wildman–Crippen MR) is 47.3 cm³/mol. The Morgan fingerprint density at radius 3 is 2.83 bits per heavy atom. The number of nitrogens with zero attached hydrogens (tertiary/aromatic N) is 1. The van der Waals surface area contributed by atoms with Gasteiger partial charge in [-0.3, -0.25) is 0 Å². The van der Waals surface area contributed by atoms with E-state index >= 15 is 0 Å². The minimum absolute atomic E-state index is 0.0648. The average Bonchev–Trinajstić information content (AvgIpc) is 2.51. The van der Waals surface area contributed by atoms with Crippen LogP contribution in [0.3, 0.4) is 0 Å². The Kier molecular flexibility index (Phi) is 3.28. The van der Waals surface area contributed by atoms with E-state index < -0.39 is 0 Å². The van der Waals surface area contributed by atoms with Gasteiger partial charge in [-0.2, -0.15) is 0 Å². The van der Waals surface area contributed by atoms with Crippen LogP contribution in [0, 0.1) is 0 Å². The molecule has 1 aromatic heterocycles. The molecule has 1 unspecified atom stereocenters. The largest absolute Gasteiger partial charge is 0.468 e. The Hall–Kier alpha value is -0.840. The van der Waals surface area contributed by atoms with Gasteiger partial charge < -0.3 is 10.2 Å². The summed E-state index contributed by atoms with van der Waals surface area (Å²) in [5.74, 6) is 0.867. The van der Waals surface area contributed by atoms with Crippen LogP contribution >= 0.6 is 0 Å². The molecular weight excluding hydrogens is 154 g/mol. The summed E-state index contributed by atoms with van der Waals surface area (Å²) in [6.07, 6.45) is 1.65. The second-order valence-corrected chi connectivity index (χ2v) is 2.83. The van der Waals surface area contributed by atoms with Crippen molar-refractivity contribution in [1.82, 2.24) is 10.4 Å². The standard InChI is InChI=1S/C8H15N3O/c1-11(2)10-7(6-9)8-4-3-5-12-8/h3-5,7,10H,6,9H2,1-2H3. The van der Waals surface area contributed by atoms with Gasteiger partial charge in [0.25, 0.3) is 0 Å². The Bertz CT molecular complexity index is 208. The lowest BCUT2D eigenvalue weighted by molar-refractivity contribution is 0.227. The summed E-state index contributed by atoms with van der Waals surface area (Å²) < 4.78 is 5.22. The second kappa shape index (κ2) is 4.25. The third-order valence-electron chi connectivity index (χ3n) is 1.54. The summed E-state index contributed by atoms with van der Waals surface area (Å²) in [5, 5.41) is 1.86. The number of furan rings is 1. The Morgan fingerprint density at radius 1 is 1.67 bits per heavy atom. The number of rotatable bonds is 4. The highest BCUT2D eigenvalue weighted by Gasteiger charge is 2.11. The summed E-state index contributed by atoms with van der Waals surface area (Å²) in [6.45, 7) is 0.520. The van der Waals surface area contributed by atoms with Crippen molar-refractivity contribution in [3.05, 3.63) is 24.2 Å². The molecule has 0 spiro atoms. The summed E-state index contributed by atoms with van der Waals surface area (Å²) in [6, 6.07) is 3.83. The van der Waals surface area contributed by atoms with Gasteiger partial charge >= 0.3 is 0 Å². The van der Waals surface area contributed by atoms with Crippen LogP contribution in [-0.2, 0) is 0 Å². The fraction of sp³-hybridized carbons (Fsp3) is 0.500. The van der Waals surface area contributed by atoms with Crippen LogP contribution in [0.5, 0.6) is 0 Å². The fourth-order valence-electron chi connectivity index (χ4n) is 1.03. The molecule has 0 aliphatic carbocycles. The first-order valence-corrected chi connectivity index (χ1v) is 3.91. The van der Waals surface area contributed by atoms with Crippen molar-refractivity contribution in [1.29, 1.82) is 0 Å². The van der Waals surface area contributed by atoms with Crippen LogP contribution in [0.1, 0.15) is 11.8 Å². The smallest absolute Gasteiger partial charge is 0.123 e. The van der Waals surface area contributed by atoms with Crippen LogP contribution in [0.2, 0.25) is 0 Å². The monoisotopic (exact) mass is 169 g/mol. The summed E-state index contributed by atoms with van der Waals surface area (Å²) in [4.78, 5) is 0. The molecule has 3 N–H and O–H groups in total. The third-order valence-corrected chi connectivity index (χ3v) is 1.54. The molecule has 4 nitrogen and oxygen atoms in total. The van der Waals surface area contributed by atoms with E-state index in [1.54, 1.807) is 6.26 Å². The molecule has 12 heavy (non-hydrogen) atoms. The first-order valence-electron chi connectivity index (χ1n) is 3.91. The molecule has 0 saturated carbocycles. The van der Waals surface area contributed by atoms with E-state index in [2.05, 4.69) is 5.43 Å². The maximum Gasteiger partial charge on any atom is 0.123 e. The lowest BCUT2D eigenvalue weighted by Crippen LogP contribution is -2.37. The van der Waals surface area contributed by atoms with E-state index in [0.717, 1.165) is 5.76 Å². The molecule has 1 atom stereocenters. The van der Waals surface area contributed by atoms with Gasteiger partial charge in [-0.1, -0.05) is 0 Å². The zero-order valence-corrected chi connectivity index (χ0v) is 7.45. The van der Waals surface area contributed by atoms with Crippen LogP contribution in [0.15, 0.2) is 22.8 Å². The van der Waals surface area contributed by atoms with E-state index in [1.807, 2.05) is 31.2 Å². The molecule has 4 heteroatoms. The molecular formula is C8H15N3O. The molecule has 0 radical (unpaired) electrons. The normalized spacial score (nSPS) is 13.7. The highest BCUT2D eigenvalue weighted by atomic mass is 16.3. The summed E-state index contributed by atoms with van der Waals surface area (Å²) >= 11 is 0. The van der Waals surface area contributed by atoms with Crippen molar-refractivity contribution in [3.8, 4) is 0 Å². The Labute approximate surface area is 72.3 Å². The molecule has 0 fully saturated rings. The van der Waals surface area contributed by atoms with Gasteiger partial charge in [0.2, 0.25) is 0 Å². The number of nitrogens with one attached hydrogen (secondary N) is 1. The van der Waals surface area contributed by atoms with Crippen molar-refractivity contribution in [2.75, 3.05) is 20.6 Å². The molecule has 0 aliphatic rings. The highest BCUT2D eigenvalue weighted by molar-refractivity contribution is 5.04. The van der Waals surface area contributed by atoms with E-state index in [0.29, 0.717) is 6.54 Å². The van der Waals surface area contributed by atoms with Gasteiger partial charge in [0, 0.05) is 20.6 Å². The van der Waals surface area contributed by atoms with Gasteiger partial charge in [0.1, 0.15) is 5.76 Å². The Morgan fingerprint density at radius 2 is 2.42 bits per heavy atom. The topological polar surface area (TPSA) is 54.4 Å². The number of hydrazine groups is 1. The van der Waals surface area contributed by atoms with Gasteiger partial charge in [0.05, 0.1) is 12.3 Å². The van der Waals surface area contributed by atoms with Gasteiger partial charge in [-0.15, -0.1) is 0 Å². The predicted octanol–water partition coefficient (Wildman–Crippen LogP) is 0.346. The van der Waals surface area contributed by atoms with E-state index in [4.69, 9.17) is 10.2 Å². The maximum absolute atomic E-state index is 5.56. The lowest BCUT2D eigenvalue weighted by Gasteiger charge is -2.19. The average molecular weight is 169 g/mol. The molecule has 0 aromatic carbocycles. The maximum atomic E-state index is 5.56. The highest BCUT2D eigenvalue weighted by Crippen LogP contribution is 2.11. The summed E-state index contributed by atoms with van der Waals surface area (Å²) in [7, 11) is 3.84. The van der Waals surface area contributed by atoms with Gasteiger partial charge in [-0.25, -0.2) is 10.4 Å². The first kappa shape index (κ1) is 9.25. The molecule has 0 amide bonds.